The first kappa shape index (κ1) is 13.6. The van der Waals surface area contributed by atoms with Gasteiger partial charge in [0.1, 0.15) is 5.39 Å². The highest BCUT2D eigenvalue weighted by Crippen LogP contribution is 2.18. The Balaban J connectivity index is 2.71. The molecule has 0 amide bonds. The summed E-state index contributed by atoms with van der Waals surface area (Å²) >= 11 is 0. The van der Waals surface area contributed by atoms with E-state index in [1.54, 1.807) is 9.25 Å². The van der Waals surface area contributed by atoms with Gasteiger partial charge in [0, 0.05) is 12.2 Å². The molecule has 0 aliphatic heterocycles. The molecule has 0 fully saturated rings. The van der Waals surface area contributed by atoms with E-state index in [9.17, 15) is 4.79 Å². The van der Waals surface area contributed by atoms with Crippen molar-refractivity contribution in [2.75, 3.05) is 12.3 Å². The molecule has 0 radical (unpaired) electrons. The fourth-order valence-electron chi connectivity index (χ4n) is 2.29. The summed E-state index contributed by atoms with van der Waals surface area (Å²) in [6, 6.07) is 1.90. The van der Waals surface area contributed by atoms with Crippen molar-refractivity contribution in [1.29, 1.82) is 0 Å². The van der Waals surface area contributed by atoms with Crippen LogP contribution in [0.2, 0.25) is 0 Å². The summed E-state index contributed by atoms with van der Waals surface area (Å²) in [4.78, 5) is 12.5. The number of pyridine rings is 1. The highest BCUT2D eigenvalue weighted by molar-refractivity contribution is 5.88. The van der Waals surface area contributed by atoms with Crippen LogP contribution in [-0.2, 0) is 13.1 Å². The molecule has 6 heteroatoms. The number of anilines is 1. The standard InChI is InChI=1S/C13H20N4O2/c1-8(2)7-16-9(3)6-10-11(13(16)19)12(14)15-17(10)4-5-18/h6,8,18H,4-5,7H2,1-3H3,(H2,14,15). The number of nitrogens with two attached hydrogens (primary N) is 1. The average molecular weight is 264 g/mol. The van der Waals surface area contributed by atoms with Gasteiger partial charge < -0.3 is 15.4 Å². The fraction of sp³-hybridized carbons (Fsp3) is 0.538. The Hall–Kier alpha value is -1.82. The van der Waals surface area contributed by atoms with Crippen LogP contribution in [0.3, 0.4) is 0 Å². The Morgan fingerprint density at radius 2 is 2.16 bits per heavy atom. The molecule has 2 aromatic heterocycles. The van der Waals surface area contributed by atoms with Crippen molar-refractivity contribution in [2.45, 2.75) is 33.9 Å². The summed E-state index contributed by atoms with van der Waals surface area (Å²) < 4.78 is 3.31. The van der Waals surface area contributed by atoms with Crippen LogP contribution in [0.25, 0.3) is 10.9 Å². The number of nitrogen functional groups attached to an aromatic ring is 1. The fourth-order valence-corrected chi connectivity index (χ4v) is 2.29. The number of aliphatic hydroxyl groups excluding tert-OH is 1. The van der Waals surface area contributed by atoms with Crippen molar-refractivity contribution >= 4 is 16.7 Å². The van der Waals surface area contributed by atoms with Crippen LogP contribution in [0.5, 0.6) is 0 Å². The highest BCUT2D eigenvalue weighted by atomic mass is 16.3. The highest BCUT2D eigenvalue weighted by Gasteiger charge is 2.15. The third-order valence-electron chi connectivity index (χ3n) is 3.11. The van der Waals surface area contributed by atoms with Gasteiger partial charge in [-0.25, -0.2) is 0 Å². The number of nitrogens with zero attached hydrogens (tertiary/aromatic N) is 3. The van der Waals surface area contributed by atoms with Crippen molar-refractivity contribution in [1.82, 2.24) is 14.3 Å². The number of aryl methyl sites for hydroxylation is 1. The molecule has 0 aromatic carbocycles. The van der Waals surface area contributed by atoms with Crippen LogP contribution >= 0.6 is 0 Å². The van der Waals surface area contributed by atoms with E-state index < -0.39 is 0 Å². The van der Waals surface area contributed by atoms with Crippen LogP contribution < -0.4 is 11.3 Å². The molecule has 0 aliphatic rings. The van der Waals surface area contributed by atoms with Crippen LogP contribution in [0.15, 0.2) is 10.9 Å². The second kappa shape index (κ2) is 5.05. The van der Waals surface area contributed by atoms with E-state index >= 15 is 0 Å². The van der Waals surface area contributed by atoms with E-state index in [1.165, 1.54) is 0 Å². The monoisotopic (exact) mass is 264 g/mol. The first-order valence-electron chi connectivity index (χ1n) is 6.43. The van der Waals surface area contributed by atoms with Gasteiger partial charge in [0.25, 0.3) is 5.56 Å². The minimum Gasteiger partial charge on any atom is -0.394 e. The summed E-state index contributed by atoms with van der Waals surface area (Å²) in [6.45, 7) is 6.98. The number of hydrogen-bond acceptors (Lipinski definition) is 4. The Morgan fingerprint density at radius 1 is 1.47 bits per heavy atom. The molecule has 6 nitrogen and oxygen atoms in total. The molecule has 2 rings (SSSR count). The molecule has 0 aliphatic carbocycles. The van der Waals surface area contributed by atoms with Crippen molar-refractivity contribution in [2.24, 2.45) is 5.92 Å². The zero-order chi connectivity index (χ0) is 14.2. The molecule has 104 valence electrons. The molecule has 0 saturated heterocycles. The lowest BCUT2D eigenvalue weighted by Crippen LogP contribution is -2.25. The molecule has 0 spiro atoms. The smallest absolute Gasteiger partial charge is 0.264 e. The lowest BCUT2D eigenvalue weighted by Gasteiger charge is -2.13. The van der Waals surface area contributed by atoms with Gasteiger partial charge in [0.2, 0.25) is 0 Å². The van der Waals surface area contributed by atoms with Gasteiger partial charge in [-0.3, -0.25) is 9.48 Å². The average Bonchev–Trinajstić information content (AvgIpc) is 2.61. The molecule has 0 saturated carbocycles. The quantitative estimate of drug-likeness (QED) is 0.852. The van der Waals surface area contributed by atoms with Crippen molar-refractivity contribution in [3.63, 3.8) is 0 Å². The summed E-state index contributed by atoms with van der Waals surface area (Å²) in [5.41, 5.74) is 7.29. The summed E-state index contributed by atoms with van der Waals surface area (Å²) in [5, 5.41) is 13.6. The maximum absolute atomic E-state index is 12.5. The van der Waals surface area contributed by atoms with E-state index in [1.807, 2.05) is 13.0 Å². The van der Waals surface area contributed by atoms with E-state index in [0.717, 1.165) is 5.69 Å². The first-order valence-corrected chi connectivity index (χ1v) is 6.43. The maximum atomic E-state index is 12.5. The predicted molar refractivity (Wildman–Crippen MR) is 75.1 cm³/mol. The van der Waals surface area contributed by atoms with Crippen LogP contribution in [0, 0.1) is 12.8 Å². The van der Waals surface area contributed by atoms with Crippen molar-refractivity contribution in [3.8, 4) is 0 Å². The SMILES string of the molecule is Cc1cc2c(c(N)nn2CCO)c(=O)n1CC(C)C. The number of aromatic nitrogens is 3. The number of hydrogen-bond donors (Lipinski definition) is 2. The largest absolute Gasteiger partial charge is 0.394 e. The molecule has 0 bridgehead atoms. The van der Waals surface area contributed by atoms with Gasteiger partial charge in [-0.05, 0) is 18.9 Å². The minimum absolute atomic E-state index is 0.0374. The Kier molecular flexibility index (Phi) is 3.61. The van der Waals surface area contributed by atoms with Crippen LogP contribution in [0.1, 0.15) is 19.5 Å². The van der Waals surface area contributed by atoms with Gasteiger partial charge in [-0.15, -0.1) is 0 Å². The minimum atomic E-state index is -0.106. The topological polar surface area (TPSA) is 86.1 Å². The molecule has 19 heavy (non-hydrogen) atoms. The predicted octanol–water partition coefficient (Wildman–Crippen LogP) is 0.737. The molecular formula is C13H20N4O2. The van der Waals surface area contributed by atoms with E-state index in [0.29, 0.717) is 29.9 Å². The summed E-state index contributed by atoms with van der Waals surface area (Å²) in [6.07, 6.45) is 0. The zero-order valence-electron chi connectivity index (χ0n) is 11.6. The first-order chi connectivity index (χ1) is 8.95. The van der Waals surface area contributed by atoms with Gasteiger partial charge in [0.15, 0.2) is 5.82 Å². The Bertz CT molecular complexity index is 655. The summed E-state index contributed by atoms with van der Waals surface area (Å²) in [7, 11) is 0. The number of rotatable bonds is 4. The van der Waals surface area contributed by atoms with E-state index in [2.05, 4.69) is 18.9 Å². The van der Waals surface area contributed by atoms with E-state index in [4.69, 9.17) is 10.8 Å². The Labute approximate surface area is 111 Å². The number of aliphatic hydroxyl groups is 1. The van der Waals surface area contributed by atoms with Crippen LogP contribution in [0.4, 0.5) is 5.82 Å². The van der Waals surface area contributed by atoms with Gasteiger partial charge >= 0.3 is 0 Å². The second-order valence-corrected chi connectivity index (χ2v) is 5.19. The lowest BCUT2D eigenvalue weighted by atomic mass is 10.2. The third kappa shape index (κ3) is 2.35. The molecule has 2 aromatic rings. The van der Waals surface area contributed by atoms with Gasteiger partial charge in [-0.2, -0.15) is 5.10 Å². The molecule has 0 unspecified atom stereocenters. The third-order valence-corrected chi connectivity index (χ3v) is 3.11. The molecule has 2 heterocycles. The van der Waals surface area contributed by atoms with Gasteiger partial charge in [0.05, 0.1) is 18.7 Å². The van der Waals surface area contributed by atoms with E-state index in [-0.39, 0.29) is 18.0 Å². The second-order valence-electron chi connectivity index (χ2n) is 5.19. The summed E-state index contributed by atoms with van der Waals surface area (Å²) in [5.74, 6) is 0.605. The molecule has 3 N–H and O–H groups in total. The maximum Gasteiger partial charge on any atom is 0.264 e. The zero-order valence-corrected chi connectivity index (χ0v) is 11.6. The Morgan fingerprint density at radius 3 is 2.74 bits per heavy atom. The molecular weight excluding hydrogens is 244 g/mol. The van der Waals surface area contributed by atoms with Crippen molar-refractivity contribution < 1.29 is 5.11 Å². The lowest BCUT2D eigenvalue weighted by molar-refractivity contribution is 0.272. The number of fused-ring (bicyclic) bond motifs is 1. The molecule has 0 atom stereocenters. The normalized spacial score (nSPS) is 11.6. The van der Waals surface area contributed by atoms with Gasteiger partial charge in [-0.1, -0.05) is 13.8 Å². The van der Waals surface area contributed by atoms with Crippen molar-refractivity contribution in [3.05, 3.63) is 22.1 Å². The van der Waals surface area contributed by atoms with Crippen LogP contribution in [-0.4, -0.2) is 26.1 Å².